The number of hydrogen-bond donors (Lipinski definition) is 1. The fourth-order valence-electron chi connectivity index (χ4n) is 3.35. The lowest BCUT2D eigenvalue weighted by Gasteiger charge is -2.32. The van der Waals surface area contributed by atoms with E-state index in [0.717, 1.165) is 32.3 Å². The van der Waals surface area contributed by atoms with Gasteiger partial charge in [-0.15, -0.1) is 0 Å². The molecular formula is C17H34N2O2. The molecule has 21 heavy (non-hydrogen) atoms. The number of methoxy groups -OCH3 is 1. The van der Waals surface area contributed by atoms with Gasteiger partial charge in [0.25, 0.3) is 0 Å². The number of nitrogens with one attached hydrogen (secondary N) is 1. The summed E-state index contributed by atoms with van der Waals surface area (Å²) in [5.74, 6) is 0. The third kappa shape index (κ3) is 5.85. The molecule has 2 atom stereocenters. The van der Waals surface area contributed by atoms with Gasteiger partial charge in [-0.1, -0.05) is 13.8 Å². The van der Waals surface area contributed by atoms with E-state index in [-0.39, 0.29) is 0 Å². The summed E-state index contributed by atoms with van der Waals surface area (Å²) in [5, 5.41) is 3.59. The van der Waals surface area contributed by atoms with Gasteiger partial charge in [0.2, 0.25) is 0 Å². The van der Waals surface area contributed by atoms with Gasteiger partial charge in [-0.3, -0.25) is 4.90 Å². The molecule has 2 unspecified atom stereocenters. The lowest BCUT2D eigenvalue weighted by molar-refractivity contribution is 0.00701. The predicted molar refractivity (Wildman–Crippen MR) is 86.7 cm³/mol. The van der Waals surface area contributed by atoms with E-state index >= 15 is 0 Å². The molecule has 2 rings (SSSR count). The van der Waals surface area contributed by atoms with Crippen LogP contribution < -0.4 is 5.32 Å². The summed E-state index contributed by atoms with van der Waals surface area (Å²) in [6.07, 6.45) is 8.39. The van der Waals surface area contributed by atoms with E-state index in [0.29, 0.717) is 18.2 Å². The highest BCUT2D eigenvalue weighted by Crippen LogP contribution is 2.24. The van der Waals surface area contributed by atoms with Gasteiger partial charge in [-0.05, 0) is 38.5 Å². The van der Waals surface area contributed by atoms with E-state index in [9.17, 15) is 0 Å². The number of rotatable bonds is 11. The van der Waals surface area contributed by atoms with Crippen molar-refractivity contribution < 1.29 is 9.47 Å². The zero-order valence-electron chi connectivity index (χ0n) is 14.1. The second-order valence-corrected chi connectivity index (χ2v) is 6.60. The van der Waals surface area contributed by atoms with Gasteiger partial charge in [0.15, 0.2) is 0 Å². The van der Waals surface area contributed by atoms with Crippen LogP contribution in [0.3, 0.4) is 0 Å². The molecule has 1 saturated carbocycles. The number of nitrogens with zero attached hydrogens (tertiary/aromatic N) is 1. The molecule has 0 aromatic rings. The maximum atomic E-state index is 6.24. The van der Waals surface area contributed by atoms with Gasteiger partial charge in [-0.25, -0.2) is 0 Å². The predicted octanol–water partition coefficient (Wildman–Crippen LogP) is 2.42. The van der Waals surface area contributed by atoms with Gasteiger partial charge in [0, 0.05) is 38.8 Å². The highest BCUT2D eigenvalue weighted by atomic mass is 16.5. The van der Waals surface area contributed by atoms with Crippen molar-refractivity contribution in [1.82, 2.24) is 10.2 Å². The average Bonchev–Trinajstić information content (AvgIpc) is 3.23. The summed E-state index contributed by atoms with van der Waals surface area (Å²) in [6, 6.07) is 1.45. The minimum absolute atomic E-state index is 0.411. The van der Waals surface area contributed by atoms with Crippen molar-refractivity contribution in [2.24, 2.45) is 0 Å². The topological polar surface area (TPSA) is 33.7 Å². The van der Waals surface area contributed by atoms with Gasteiger partial charge in [0.05, 0.1) is 18.8 Å². The van der Waals surface area contributed by atoms with Crippen LogP contribution in [0.1, 0.15) is 52.4 Å². The van der Waals surface area contributed by atoms with Crippen molar-refractivity contribution in [3.05, 3.63) is 0 Å². The highest BCUT2D eigenvalue weighted by Gasteiger charge is 2.30. The van der Waals surface area contributed by atoms with Crippen molar-refractivity contribution in [1.29, 1.82) is 0 Å². The molecule has 2 aliphatic rings. The second-order valence-electron chi connectivity index (χ2n) is 6.60. The lowest BCUT2D eigenvalue weighted by atomic mass is 10.1. The standard InChI is InChI=1S/C17H34N2O2/c1-4-15(5-2)19(10-11-20-3)13-17-9-8-16(21-17)12-18-14-6-7-14/h14-18H,4-13H2,1-3H3. The van der Waals surface area contributed by atoms with Crippen LogP contribution in [0, 0.1) is 0 Å². The Bertz CT molecular complexity index is 280. The summed E-state index contributed by atoms with van der Waals surface area (Å²) in [5.41, 5.74) is 0. The van der Waals surface area contributed by atoms with Crippen molar-refractivity contribution in [2.75, 3.05) is 33.4 Å². The lowest BCUT2D eigenvalue weighted by Crippen LogP contribution is -2.42. The molecule has 124 valence electrons. The van der Waals surface area contributed by atoms with E-state index in [4.69, 9.17) is 9.47 Å². The molecule has 0 aromatic carbocycles. The van der Waals surface area contributed by atoms with Crippen LogP contribution in [0.25, 0.3) is 0 Å². The normalized spacial score (nSPS) is 26.1. The van der Waals surface area contributed by atoms with Crippen molar-refractivity contribution >= 4 is 0 Å². The highest BCUT2D eigenvalue weighted by molar-refractivity contribution is 4.85. The van der Waals surface area contributed by atoms with Gasteiger partial charge >= 0.3 is 0 Å². The van der Waals surface area contributed by atoms with E-state index in [1.54, 1.807) is 7.11 Å². The first-order valence-corrected chi connectivity index (χ1v) is 8.88. The Balaban J connectivity index is 1.73. The Morgan fingerprint density at radius 3 is 2.48 bits per heavy atom. The summed E-state index contributed by atoms with van der Waals surface area (Å²) in [7, 11) is 1.79. The molecule has 1 aliphatic heterocycles. The molecule has 0 amide bonds. The summed E-state index contributed by atoms with van der Waals surface area (Å²) < 4.78 is 11.5. The van der Waals surface area contributed by atoms with Crippen molar-refractivity contribution in [2.45, 2.75) is 76.7 Å². The SMILES string of the molecule is CCC(CC)N(CCOC)CC1CCC(CNC2CC2)O1. The maximum Gasteiger partial charge on any atom is 0.0707 e. The van der Waals surface area contributed by atoms with E-state index < -0.39 is 0 Å². The Morgan fingerprint density at radius 1 is 1.14 bits per heavy atom. The first-order valence-electron chi connectivity index (χ1n) is 8.88. The zero-order valence-corrected chi connectivity index (χ0v) is 14.1. The summed E-state index contributed by atoms with van der Waals surface area (Å²) >= 11 is 0. The van der Waals surface area contributed by atoms with Crippen LogP contribution in [0.4, 0.5) is 0 Å². The first kappa shape index (κ1) is 17.2. The number of hydrogen-bond acceptors (Lipinski definition) is 4. The molecule has 1 heterocycles. The minimum atomic E-state index is 0.411. The molecule has 0 spiro atoms. The van der Waals surface area contributed by atoms with Crippen molar-refractivity contribution in [3.8, 4) is 0 Å². The third-order valence-corrected chi connectivity index (χ3v) is 4.89. The van der Waals surface area contributed by atoms with Crippen LogP contribution >= 0.6 is 0 Å². The largest absolute Gasteiger partial charge is 0.383 e. The molecule has 4 heteroatoms. The summed E-state index contributed by atoms with van der Waals surface area (Å²) in [6.45, 7) is 8.51. The van der Waals surface area contributed by atoms with Crippen LogP contribution in [-0.4, -0.2) is 62.5 Å². The smallest absolute Gasteiger partial charge is 0.0707 e. The summed E-state index contributed by atoms with van der Waals surface area (Å²) in [4.78, 5) is 2.57. The van der Waals surface area contributed by atoms with Gasteiger partial charge in [0.1, 0.15) is 0 Å². The molecule has 4 nitrogen and oxygen atoms in total. The number of ether oxygens (including phenoxy) is 2. The van der Waals surface area contributed by atoms with E-state index in [1.165, 1.54) is 38.5 Å². The fourth-order valence-corrected chi connectivity index (χ4v) is 3.35. The molecule has 1 aliphatic carbocycles. The van der Waals surface area contributed by atoms with Crippen LogP contribution in [0.2, 0.25) is 0 Å². The Hall–Kier alpha value is -0.160. The maximum absolute atomic E-state index is 6.24. The molecule has 1 N–H and O–H groups in total. The molecule has 1 saturated heterocycles. The molecule has 2 fully saturated rings. The quantitative estimate of drug-likeness (QED) is 0.635. The molecule has 0 aromatic heterocycles. The Kier molecular flexibility index (Phi) is 7.44. The second kappa shape index (κ2) is 9.09. The van der Waals surface area contributed by atoms with Crippen LogP contribution in [-0.2, 0) is 9.47 Å². The monoisotopic (exact) mass is 298 g/mol. The third-order valence-electron chi connectivity index (χ3n) is 4.89. The van der Waals surface area contributed by atoms with E-state index in [2.05, 4.69) is 24.1 Å². The fraction of sp³-hybridized carbons (Fsp3) is 1.00. The molecule has 0 radical (unpaired) electrons. The first-order chi connectivity index (χ1) is 10.3. The minimum Gasteiger partial charge on any atom is -0.383 e. The Morgan fingerprint density at radius 2 is 1.86 bits per heavy atom. The van der Waals surface area contributed by atoms with Crippen molar-refractivity contribution in [3.63, 3.8) is 0 Å². The van der Waals surface area contributed by atoms with Crippen LogP contribution in [0.15, 0.2) is 0 Å². The van der Waals surface area contributed by atoms with Crippen LogP contribution in [0.5, 0.6) is 0 Å². The Labute approximate surface area is 130 Å². The van der Waals surface area contributed by atoms with Gasteiger partial charge in [-0.2, -0.15) is 0 Å². The molecule has 0 bridgehead atoms. The van der Waals surface area contributed by atoms with E-state index in [1.807, 2.05) is 0 Å². The van der Waals surface area contributed by atoms with Gasteiger partial charge < -0.3 is 14.8 Å². The molecular weight excluding hydrogens is 264 g/mol. The zero-order chi connectivity index (χ0) is 15.1. The average molecular weight is 298 g/mol.